The number of H-pyrrole nitrogens is 1. The Morgan fingerprint density at radius 2 is 1.89 bits per heavy atom. The number of fused-ring (bicyclic) bond motifs is 2. The number of likely N-dealkylation sites (N-methyl/N-ethyl adjacent to an activating group) is 1. The molecule has 3 heterocycles. The minimum absolute atomic E-state index is 0.0929. The maximum absolute atomic E-state index is 12.9. The van der Waals surface area contributed by atoms with Gasteiger partial charge in [0.2, 0.25) is 11.8 Å². The first-order valence-corrected chi connectivity index (χ1v) is 10.3. The lowest BCUT2D eigenvalue weighted by molar-refractivity contribution is -0.139. The van der Waals surface area contributed by atoms with Crippen molar-refractivity contribution in [1.82, 2.24) is 25.1 Å². The fourth-order valence-electron chi connectivity index (χ4n) is 5.10. The van der Waals surface area contributed by atoms with Gasteiger partial charge in [0.1, 0.15) is 0 Å². The minimum Gasteiger partial charge on any atom is -0.348 e. The predicted octanol–water partition coefficient (Wildman–Crippen LogP) is 1.41. The van der Waals surface area contributed by atoms with Crippen molar-refractivity contribution in [2.24, 2.45) is 5.92 Å². The average molecular weight is 374 g/mol. The fraction of sp³-hybridized carbons (Fsp3) is 0.750. The summed E-state index contributed by atoms with van der Waals surface area (Å²) >= 11 is 0. The van der Waals surface area contributed by atoms with Crippen molar-refractivity contribution in [3.8, 4) is 0 Å². The van der Waals surface area contributed by atoms with Crippen LogP contribution in [0.25, 0.3) is 0 Å². The summed E-state index contributed by atoms with van der Waals surface area (Å²) < 4.78 is 0. The van der Waals surface area contributed by atoms with E-state index in [1.165, 1.54) is 19.3 Å². The maximum Gasteiger partial charge on any atom is 0.239 e. The molecule has 27 heavy (non-hydrogen) atoms. The Kier molecular flexibility index (Phi) is 4.97. The third-order valence-electron chi connectivity index (χ3n) is 6.65. The first-order chi connectivity index (χ1) is 13.0. The number of nitrogens with zero attached hydrogens (tertiary/aromatic N) is 3. The Morgan fingerprint density at radius 1 is 1.19 bits per heavy atom. The van der Waals surface area contributed by atoms with Gasteiger partial charge >= 0.3 is 0 Å². The largest absolute Gasteiger partial charge is 0.348 e. The molecule has 1 aliphatic carbocycles. The summed E-state index contributed by atoms with van der Waals surface area (Å²) in [5, 5.41) is 3.62. The number of carbonyl (C=O) groups excluding carboxylic acids is 2. The quantitative estimate of drug-likeness (QED) is 0.821. The molecule has 2 N–H and O–H groups in total. The summed E-state index contributed by atoms with van der Waals surface area (Å²) in [7, 11) is 3.59. The topological polar surface area (TPSA) is 81.3 Å². The number of hydrogen-bond acceptors (Lipinski definition) is 4. The van der Waals surface area contributed by atoms with E-state index in [0.29, 0.717) is 12.3 Å². The van der Waals surface area contributed by atoms with E-state index in [0.717, 1.165) is 50.2 Å². The van der Waals surface area contributed by atoms with Gasteiger partial charge in [0, 0.05) is 45.2 Å². The zero-order valence-electron chi connectivity index (χ0n) is 16.5. The van der Waals surface area contributed by atoms with Gasteiger partial charge in [0.05, 0.1) is 23.6 Å². The maximum atomic E-state index is 12.9. The molecule has 0 bridgehead atoms. The third kappa shape index (κ3) is 3.37. The van der Waals surface area contributed by atoms with Crippen molar-refractivity contribution in [2.75, 3.05) is 27.2 Å². The van der Waals surface area contributed by atoms with Crippen LogP contribution in [0.1, 0.15) is 56.3 Å². The normalized spacial score (nSPS) is 25.3. The van der Waals surface area contributed by atoms with Crippen LogP contribution in [0, 0.1) is 5.92 Å². The lowest BCUT2D eigenvalue weighted by Crippen LogP contribution is -2.61. The molecule has 1 saturated carbocycles. The number of likely N-dealkylation sites (tertiary alicyclic amines) is 1. The summed E-state index contributed by atoms with van der Waals surface area (Å²) in [5.74, 6) is 0.648. The second kappa shape index (κ2) is 7.26. The zero-order chi connectivity index (χ0) is 19.0. The van der Waals surface area contributed by atoms with Crippen LogP contribution in [0.4, 0.5) is 0 Å². The molecule has 2 fully saturated rings. The molecule has 1 unspecified atom stereocenters. The summed E-state index contributed by atoms with van der Waals surface area (Å²) in [6, 6.07) is -0.242. The Bertz CT molecular complexity index is 699. The van der Waals surface area contributed by atoms with Gasteiger partial charge in [-0.05, 0) is 25.7 Å². The van der Waals surface area contributed by atoms with Crippen LogP contribution in [0.5, 0.6) is 0 Å². The molecule has 1 aromatic heterocycles. The second-order valence-corrected chi connectivity index (χ2v) is 8.61. The molecule has 3 aliphatic rings. The molecular weight excluding hydrogens is 342 g/mol. The van der Waals surface area contributed by atoms with Gasteiger partial charge in [-0.1, -0.05) is 19.3 Å². The van der Waals surface area contributed by atoms with Gasteiger partial charge in [-0.25, -0.2) is 4.98 Å². The standard InChI is InChI=1S/C20H31N5O2/c1-24(2)19(27)16-12-15-17(22-13-21-15)20(23-16)8-10-25(11-9-20)18(26)14-6-4-3-5-7-14/h13-14,16,23H,3-12H2,1-2H3,(H,21,22). The van der Waals surface area contributed by atoms with Gasteiger partial charge in [-0.2, -0.15) is 0 Å². The SMILES string of the molecule is CN(C)C(=O)C1Cc2[nH]cnc2C2(CCN(C(=O)C3CCCCC3)CC2)N1. The van der Waals surface area contributed by atoms with E-state index < -0.39 is 0 Å². The molecular formula is C20H31N5O2. The molecule has 7 nitrogen and oxygen atoms in total. The van der Waals surface area contributed by atoms with Crippen molar-refractivity contribution in [2.45, 2.75) is 62.9 Å². The van der Waals surface area contributed by atoms with Gasteiger partial charge in [-0.3, -0.25) is 14.9 Å². The molecule has 2 amide bonds. The molecule has 4 rings (SSSR count). The average Bonchev–Trinajstić information content (AvgIpc) is 3.18. The molecule has 1 aromatic rings. The van der Waals surface area contributed by atoms with Crippen LogP contribution < -0.4 is 5.32 Å². The Hall–Kier alpha value is -1.89. The van der Waals surface area contributed by atoms with E-state index in [1.54, 1.807) is 25.3 Å². The predicted molar refractivity (Wildman–Crippen MR) is 102 cm³/mol. The van der Waals surface area contributed by atoms with E-state index >= 15 is 0 Å². The number of amides is 2. The van der Waals surface area contributed by atoms with Crippen LogP contribution in [-0.2, 0) is 21.5 Å². The number of carbonyl (C=O) groups is 2. The fourth-order valence-corrected chi connectivity index (χ4v) is 5.10. The van der Waals surface area contributed by atoms with Gasteiger partial charge in [-0.15, -0.1) is 0 Å². The highest BCUT2D eigenvalue weighted by molar-refractivity contribution is 5.82. The van der Waals surface area contributed by atoms with Crippen LogP contribution >= 0.6 is 0 Å². The lowest BCUT2D eigenvalue weighted by Gasteiger charge is -2.47. The van der Waals surface area contributed by atoms with E-state index in [2.05, 4.69) is 15.3 Å². The molecule has 1 saturated heterocycles. The number of rotatable bonds is 2. The number of nitrogens with one attached hydrogen (secondary N) is 2. The number of aromatic nitrogens is 2. The first-order valence-electron chi connectivity index (χ1n) is 10.3. The monoisotopic (exact) mass is 373 g/mol. The van der Waals surface area contributed by atoms with Gasteiger partial charge in [0.15, 0.2) is 0 Å². The van der Waals surface area contributed by atoms with Crippen molar-refractivity contribution in [3.05, 3.63) is 17.7 Å². The van der Waals surface area contributed by atoms with E-state index in [-0.39, 0.29) is 23.4 Å². The van der Waals surface area contributed by atoms with Crippen LogP contribution in [0.3, 0.4) is 0 Å². The molecule has 148 valence electrons. The third-order valence-corrected chi connectivity index (χ3v) is 6.65. The van der Waals surface area contributed by atoms with Crippen molar-refractivity contribution < 1.29 is 9.59 Å². The Morgan fingerprint density at radius 3 is 2.56 bits per heavy atom. The Labute approximate surface area is 160 Å². The van der Waals surface area contributed by atoms with Crippen molar-refractivity contribution in [3.63, 3.8) is 0 Å². The number of imidazole rings is 1. The highest BCUT2D eigenvalue weighted by Crippen LogP contribution is 2.38. The van der Waals surface area contributed by atoms with Gasteiger partial charge in [0.25, 0.3) is 0 Å². The molecule has 2 aliphatic heterocycles. The number of aromatic amines is 1. The Balaban J connectivity index is 1.49. The van der Waals surface area contributed by atoms with Crippen molar-refractivity contribution in [1.29, 1.82) is 0 Å². The first kappa shape index (κ1) is 18.5. The van der Waals surface area contributed by atoms with Crippen molar-refractivity contribution >= 4 is 11.8 Å². The van der Waals surface area contributed by atoms with E-state index in [4.69, 9.17) is 0 Å². The van der Waals surface area contributed by atoms with Gasteiger partial charge < -0.3 is 14.8 Å². The number of hydrogen-bond donors (Lipinski definition) is 2. The minimum atomic E-state index is -0.312. The summed E-state index contributed by atoms with van der Waals surface area (Å²) in [6.07, 6.45) is 9.70. The summed E-state index contributed by atoms with van der Waals surface area (Å²) in [4.78, 5) is 37.0. The summed E-state index contributed by atoms with van der Waals surface area (Å²) in [6.45, 7) is 1.47. The second-order valence-electron chi connectivity index (χ2n) is 8.61. The number of piperidine rings is 1. The van der Waals surface area contributed by atoms with Crippen LogP contribution in [0.15, 0.2) is 6.33 Å². The van der Waals surface area contributed by atoms with E-state index in [1.807, 2.05) is 4.90 Å². The molecule has 0 aromatic carbocycles. The highest BCUT2D eigenvalue weighted by Gasteiger charge is 2.47. The summed E-state index contributed by atoms with van der Waals surface area (Å²) in [5.41, 5.74) is 1.78. The molecule has 1 atom stereocenters. The zero-order valence-corrected chi connectivity index (χ0v) is 16.5. The highest BCUT2D eigenvalue weighted by atomic mass is 16.2. The lowest BCUT2D eigenvalue weighted by atomic mass is 9.78. The molecule has 7 heteroatoms. The van der Waals surface area contributed by atoms with E-state index in [9.17, 15) is 9.59 Å². The van der Waals surface area contributed by atoms with Crippen LogP contribution in [-0.4, -0.2) is 64.8 Å². The molecule has 0 radical (unpaired) electrons. The van der Waals surface area contributed by atoms with Crippen LogP contribution in [0.2, 0.25) is 0 Å². The smallest absolute Gasteiger partial charge is 0.239 e. The molecule has 1 spiro atoms.